The minimum atomic E-state index is -0.101. The van der Waals surface area contributed by atoms with Crippen LogP contribution in [-0.4, -0.2) is 64.6 Å². The highest BCUT2D eigenvalue weighted by molar-refractivity contribution is 6.00. The summed E-state index contributed by atoms with van der Waals surface area (Å²) in [6, 6.07) is 6.37. The summed E-state index contributed by atoms with van der Waals surface area (Å²) in [5.41, 5.74) is 4.29. The first-order chi connectivity index (χ1) is 16.7. The number of hydrogen-bond acceptors (Lipinski definition) is 8. The summed E-state index contributed by atoms with van der Waals surface area (Å²) in [4.78, 5) is 12.1. The molecule has 9 nitrogen and oxygen atoms in total. The highest BCUT2D eigenvalue weighted by atomic mass is 16.5. The van der Waals surface area contributed by atoms with E-state index in [0.29, 0.717) is 18.9 Å². The number of ether oxygens (including phenoxy) is 2. The van der Waals surface area contributed by atoms with Crippen molar-refractivity contribution in [3.8, 4) is 11.3 Å². The number of fused-ring (bicyclic) bond motifs is 1. The Kier molecular flexibility index (Phi) is 6.55. The lowest BCUT2D eigenvalue weighted by Crippen LogP contribution is -2.44. The first kappa shape index (κ1) is 22.5. The fourth-order valence-electron chi connectivity index (χ4n) is 4.71. The molecule has 0 aliphatic carbocycles. The molecule has 0 spiro atoms. The van der Waals surface area contributed by atoms with Crippen molar-refractivity contribution >= 4 is 28.6 Å². The van der Waals surface area contributed by atoms with E-state index in [2.05, 4.69) is 28.3 Å². The molecule has 2 fully saturated rings. The van der Waals surface area contributed by atoms with Crippen LogP contribution in [0.1, 0.15) is 31.9 Å². The van der Waals surface area contributed by atoms with Crippen LogP contribution in [0.15, 0.2) is 36.7 Å². The molecule has 2 atom stereocenters. The normalized spacial score (nSPS) is 21.6. The average Bonchev–Trinajstić information content (AvgIpc) is 3.29. The number of rotatable bonds is 6. The van der Waals surface area contributed by atoms with E-state index in [-0.39, 0.29) is 12.3 Å². The largest absolute Gasteiger partial charge is 0.377 e. The Morgan fingerprint density at radius 3 is 2.88 bits per heavy atom. The van der Waals surface area contributed by atoms with Gasteiger partial charge in [-0.05, 0) is 50.5 Å². The van der Waals surface area contributed by atoms with Gasteiger partial charge in [-0.1, -0.05) is 0 Å². The monoisotopic (exact) mass is 461 g/mol. The van der Waals surface area contributed by atoms with E-state index in [9.17, 15) is 0 Å². The number of aromatic nitrogens is 4. The number of hydrogen-bond donors (Lipinski definition) is 2. The maximum atomic E-state index is 7.76. The van der Waals surface area contributed by atoms with Crippen LogP contribution in [0.5, 0.6) is 0 Å². The number of nitrogens with zero attached hydrogens (tertiary/aromatic N) is 5. The molecule has 34 heavy (non-hydrogen) atoms. The predicted octanol–water partition coefficient (Wildman–Crippen LogP) is 3.36. The second-order valence-corrected chi connectivity index (χ2v) is 8.79. The molecule has 3 aromatic heterocycles. The summed E-state index contributed by atoms with van der Waals surface area (Å²) < 4.78 is 13.5. The van der Waals surface area contributed by atoms with Gasteiger partial charge in [0.05, 0.1) is 30.6 Å². The van der Waals surface area contributed by atoms with Gasteiger partial charge in [-0.15, -0.1) is 0 Å². The van der Waals surface area contributed by atoms with E-state index in [1.165, 1.54) is 6.21 Å². The fourth-order valence-corrected chi connectivity index (χ4v) is 4.71. The molecule has 0 radical (unpaired) electrons. The topological polar surface area (TPSA) is 101 Å². The van der Waals surface area contributed by atoms with Gasteiger partial charge in [0.15, 0.2) is 0 Å². The highest BCUT2D eigenvalue weighted by Crippen LogP contribution is 2.34. The third kappa shape index (κ3) is 4.41. The standard InChI is InChI=1S/C25H31N7O2/c1-17-16-33-14-12-32(17)22-15-19(21-8-11-28-31(21)2)18-7-10-27-25(24(18)30-22)20(6-9-26)29-23-5-3-4-13-34-23/h6-11,15,17,23,26,29H,3-5,12-14,16H2,1-2H3/b20-6-,26-9?/t17-,23?/m1/s1. The summed E-state index contributed by atoms with van der Waals surface area (Å²) in [5.74, 6) is 0.886. The van der Waals surface area contributed by atoms with Crippen LogP contribution in [0.2, 0.25) is 0 Å². The fraction of sp³-hybridized carbons (Fsp3) is 0.440. The van der Waals surface area contributed by atoms with Crippen molar-refractivity contribution in [1.29, 1.82) is 5.41 Å². The van der Waals surface area contributed by atoms with E-state index in [0.717, 1.165) is 66.1 Å². The quantitative estimate of drug-likeness (QED) is 0.543. The van der Waals surface area contributed by atoms with Crippen molar-refractivity contribution in [3.63, 3.8) is 0 Å². The van der Waals surface area contributed by atoms with Crippen LogP contribution in [0, 0.1) is 5.41 Å². The molecule has 9 heteroatoms. The van der Waals surface area contributed by atoms with Gasteiger partial charge in [-0.25, -0.2) is 4.98 Å². The van der Waals surface area contributed by atoms with Gasteiger partial charge in [0.25, 0.3) is 0 Å². The number of allylic oxidation sites excluding steroid dienone is 1. The lowest BCUT2D eigenvalue weighted by molar-refractivity contribution is 0.00530. The van der Waals surface area contributed by atoms with E-state index in [4.69, 9.17) is 24.9 Å². The zero-order chi connectivity index (χ0) is 23.5. The van der Waals surface area contributed by atoms with Crippen molar-refractivity contribution in [2.45, 2.75) is 38.5 Å². The molecule has 0 aromatic carbocycles. The third-order valence-corrected chi connectivity index (χ3v) is 6.47. The zero-order valence-corrected chi connectivity index (χ0v) is 19.7. The second kappa shape index (κ2) is 9.90. The first-order valence-electron chi connectivity index (χ1n) is 11.9. The summed E-state index contributed by atoms with van der Waals surface area (Å²) in [7, 11) is 1.95. The molecular formula is C25H31N7O2. The van der Waals surface area contributed by atoms with E-state index in [1.807, 2.05) is 30.1 Å². The van der Waals surface area contributed by atoms with Crippen LogP contribution >= 0.6 is 0 Å². The maximum absolute atomic E-state index is 7.76. The summed E-state index contributed by atoms with van der Waals surface area (Å²) in [6.07, 6.45) is 9.63. The smallest absolute Gasteiger partial charge is 0.130 e. The molecule has 5 rings (SSSR count). The molecule has 0 bridgehead atoms. The van der Waals surface area contributed by atoms with Crippen molar-refractivity contribution in [1.82, 2.24) is 25.1 Å². The summed E-state index contributed by atoms with van der Waals surface area (Å²) in [6.45, 7) is 5.00. The van der Waals surface area contributed by atoms with Crippen molar-refractivity contribution in [2.24, 2.45) is 7.05 Å². The van der Waals surface area contributed by atoms with Crippen LogP contribution < -0.4 is 10.2 Å². The maximum Gasteiger partial charge on any atom is 0.130 e. The lowest BCUT2D eigenvalue weighted by atomic mass is 10.0. The molecule has 2 aliphatic heterocycles. The molecule has 1 unspecified atom stereocenters. The van der Waals surface area contributed by atoms with Crippen molar-refractivity contribution in [3.05, 3.63) is 42.4 Å². The number of anilines is 1. The summed E-state index contributed by atoms with van der Waals surface area (Å²) >= 11 is 0. The molecule has 2 N–H and O–H groups in total. The van der Waals surface area contributed by atoms with E-state index in [1.54, 1.807) is 12.3 Å². The molecule has 178 valence electrons. The third-order valence-electron chi connectivity index (χ3n) is 6.47. The predicted molar refractivity (Wildman–Crippen MR) is 133 cm³/mol. The van der Waals surface area contributed by atoms with E-state index >= 15 is 0 Å². The van der Waals surface area contributed by atoms with Crippen molar-refractivity contribution < 1.29 is 9.47 Å². The Morgan fingerprint density at radius 1 is 1.24 bits per heavy atom. The Balaban J connectivity index is 1.68. The molecule has 2 saturated heterocycles. The molecule has 5 heterocycles. The molecule has 0 saturated carbocycles. The Morgan fingerprint density at radius 2 is 2.15 bits per heavy atom. The van der Waals surface area contributed by atoms with Gasteiger partial charge in [0.2, 0.25) is 0 Å². The minimum absolute atomic E-state index is 0.101. The number of aryl methyl sites for hydroxylation is 1. The van der Waals surface area contributed by atoms with Crippen LogP contribution in [0.25, 0.3) is 27.9 Å². The first-order valence-corrected chi connectivity index (χ1v) is 11.9. The van der Waals surface area contributed by atoms with Crippen LogP contribution in [-0.2, 0) is 16.5 Å². The molecule has 0 amide bonds. The minimum Gasteiger partial charge on any atom is -0.377 e. The molecular weight excluding hydrogens is 430 g/mol. The highest BCUT2D eigenvalue weighted by Gasteiger charge is 2.24. The zero-order valence-electron chi connectivity index (χ0n) is 19.7. The Hall–Kier alpha value is -3.30. The van der Waals surface area contributed by atoms with Gasteiger partial charge in [-0.2, -0.15) is 5.10 Å². The summed E-state index contributed by atoms with van der Waals surface area (Å²) in [5, 5.41) is 16.6. The van der Waals surface area contributed by atoms with Crippen LogP contribution in [0.3, 0.4) is 0 Å². The Bertz CT molecular complexity index is 1200. The molecule has 3 aromatic rings. The molecule has 2 aliphatic rings. The van der Waals surface area contributed by atoms with Gasteiger partial charge in [-0.3, -0.25) is 9.67 Å². The van der Waals surface area contributed by atoms with Gasteiger partial charge in [0, 0.05) is 49.8 Å². The van der Waals surface area contributed by atoms with Crippen molar-refractivity contribution in [2.75, 3.05) is 31.3 Å². The second-order valence-electron chi connectivity index (χ2n) is 8.79. The van der Waals surface area contributed by atoms with E-state index < -0.39 is 0 Å². The van der Waals surface area contributed by atoms with Gasteiger partial charge in [0.1, 0.15) is 23.3 Å². The number of morpholine rings is 1. The average molecular weight is 462 g/mol. The number of pyridine rings is 2. The van der Waals surface area contributed by atoms with Gasteiger partial charge >= 0.3 is 0 Å². The van der Waals surface area contributed by atoms with Gasteiger partial charge < -0.3 is 25.1 Å². The number of nitrogens with one attached hydrogen (secondary N) is 2. The SMILES string of the molecule is C[C@@H]1COCCN1c1cc(-c2ccnn2C)c2ccnc(/C(=C/C=N)NC3CCCCO3)c2n1. The van der Waals surface area contributed by atoms with Crippen LogP contribution in [0.4, 0.5) is 5.82 Å². The Labute approximate surface area is 199 Å². The lowest BCUT2D eigenvalue weighted by Gasteiger charge is -2.34.